The number of aliphatic hydroxyl groups excluding tert-OH is 1. The first-order valence-electron chi connectivity index (χ1n) is 10.8. The summed E-state index contributed by atoms with van der Waals surface area (Å²) < 4.78 is 28.6. The molecule has 0 saturated carbocycles. The van der Waals surface area contributed by atoms with Gasteiger partial charge in [-0.1, -0.05) is 44.2 Å². The van der Waals surface area contributed by atoms with Crippen LogP contribution in [0.4, 0.5) is 0 Å². The highest BCUT2D eigenvalue weighted by molar-refractivity contribution is 5.98. The normalized spacial score (nSPS) is 36.1. The summed E-state index contributed by atoms with van der Waals surface area (Å²) in [4.78, 5) is 14.8. The molecule has 1 amide bonds. The third-order valence-electron chi connectivity index (χ3n) is 6.35. The first-order valence-corrected chi connectivity index (χ1v) is 10.8. The highest BCUT2D eigenvalue weighted by atomic mass is 16.7. The van der Waals surface area contributed by atoms with E-state index in [1.807, 2.05) is 44.2 Å². The third-order valence-corrected chi connectivity index (χ3v) is 6.35. The second-order valence-electron chi connectivity index (χ2n) is 8.73. The molecule has 0 spiro atoms. The quantitative estimate of drug-likeness (QED) is 0.502. The zero-order chi connectivity index (χ0) is 23.0. The summed E-state index contributed by atoms with van der Waals surface area (Å²) in [5, 5.41) is 22.6. The molecule has 4 rings (SSSR count). The lowest BCUT2D eigenvalue weighted by atomic mass is 9.82. The maximum Gasteiger partial charge on any atom is 0.286 e. The second kappa shape index (κ2) is 8.99. The van der Waals surface area contributed by atoms with Gasteiger partial charge in [0.05, 0.1) is 19.6 Å². The Hall–Kier alpha value is -2.17. The second-order valence-corrected chi connectivity index (χ2v) is 8.73. The standard InChI is InChI=1S/C23H31NO8/c1-13(2)10-11-24-19(25)16(20(26)28-3)17-22(29-4)31-15-12-30-21(14-8-6-5-7-9-14)32-18(15)23(17,24)27/h5-9,13,15,17-18,21-22,26-27H,10-12H2,1-4H3/b20-16+/t15-,17+,18-,21-,22+,23-/m1/s1. The van der Waals surface area contributed by atoms with E-state index in [4.69, 9.17) is 23.7 Å². The monoisotopic (exact) mass is 449 g/mol. The number of aliphatic hydroxyl groups is 2. The van der Waals surface area contributed by atoms with Crippen LogP contribution >= 0.6 is 0 Å². The highest BCUT2D eigenvalue weighted by Crippen LogP contribution is 2.51. The molecule has 3 aliphatic rings. The predicted molar refractivity (Wildman–Crippen MR) is 112 cm³/mol. The molecule has 0 aliphatic carbocycles. The lowest BCUT2D eigenvalue weighted by Crippen LogP contribution is -2.70. The number of likely N-dealkylation sites (tertiary alicyclic amines) is 1. The number of amides is 1. The molecule has 0 aromatic heterocycles. The van der Waals surface area contributed by atoms with Crippen LogP contribution in [0.1, 0.15) is 32.1 Å². The average molecular weight is 450 g/mol. The van der Waals surface area contributed by atoms with Crippen LogP contribution < -0.4 is 0 Å². The van der Waals surface area contributed by atoms with Gasteiger partial charge in [0.1, 0.15) is 17.8 Å². The lowest BCUT2D eigenvalue weighted by Gasteiger charge is -2.53. The molecule has 6 atom stereocenters. The fraction of sp³-hybridized carbons (Fsp3) is 0.609. The number of rotatable bonds is 6. The predicted octanol–water partition coefficient (Wildman–Crippen LogP) is 2.08. The summed E-state index contributed by atoms with van der Waals surface area (Å²) in [7, 11) is 2.68. The zero-order valence-electron chi connectivity index (χ0n) is 18.8. The van der Waals surface area contributed by atoms with Crippen molar-refractivity contribution in [3.63, 3.8) is 0 Å². The van der Waals surface area contributed by atoms with Crippen molar-refractivity contribution in [3.05, 3.63) is 47.4 Å². The fourth-order valence-electron chi connectivity index (χ4n) is 4.73. The van der Waals surface area contributed by atoms with Crippen molar-refractivity contribution in [2.45, 2.75) is 50.8 Å². The molecule has 3 fully saturated rings. The SMILES string of the molecule is CO/C(O)=C1/C(=O)N(CCC(C)C)[C@]2(O)[C@@H]3O[C@H](c4ccccc4)OC[C@H]3O[C@H](OC)[C@H]12. The molecule has 32 heavy (non-hydrogen) atoms. The summed E-state index contributed by atoms with van der Waals surface area (Å²) in [5.41, 5.74) is -1.13. The Kier molecular flexibility index (Phi) is 6.46. The van der Waals surface area contributed by atoms with Crippen LogP contribution in [0.15, 0.2) is 41.9 Å². The molecule has 2 N–H and O–H groups in total. The Morgan fingerprint density at radius 2 is 1.97 bits per heavy atom. The molecule has 176 valence electrons. The molecule has 3 aliphatic heterocycles. The van der Waals surface area contributed by atoms with Gasteiger partial charge in [-0.05, 0) is 12.3 Å². The number of fused-ring (bicyclic) bond motifs is 3. The molecule has 3 heterocycles. The number of methoxy groups -OCH3 is 2. The lowest BCUT2D eigenvalue weighted by molar-refractivity contribution is -0.386. The zero-order valence-corrected chi connectivity index (χ0v) is 18.8. The summed E-state index contributed by atoms with van der Waals surface area (Å²) in [6.07, 6.45) is -2.72. The first kappa shape index (κ1) is 23.0. The van der Waals surface area contributed by atoms with Crippen LogP contribution in [-0.2, 0) is 28.5 Å². The van der Waals surface area contributed by atoms with E-state index in [-0.39, 0.29) is 24.6 Å². The van der Waals surface area contributed by atoms with Crippen molar-refractivity contribution in [1.29, 1.82) is 0 Å². The number of hydrogen-bond acceptors (Lipinski definition) is 8. The molecule has 1 aromatic carbocycles. The minimum atomic E-state index is -1.83. The molecule has 0 bridgehead atoms. The van der Waals surface area contributed by atoms with Crippen molar-refractivity contribution < 1.29 is 38.7 Å². The molecule has 9 nitrogen and oxygen atoms in total. The minimum absolute atomic E-state index is 0.0876. The van der Waals surface area contributed by atoms with E-state index in [1.165, 1.54) is 19.1 Å². The summed E-state index contributed by atoms with van der Waals surface area (Å²) >= 11 is 0. The number of carbonyl (C=O) groups is 1. The van der Waals surface area contributed by atoms with Crippen LogP contribution in [0.3, 0.4) is 0 Å². The van der Waals surface area contributed by atoms with E-state index < -0.39 is 48.3 Å². The van der Waals surface area contributed by atoms with Gasteiger partial charge in [-0.25, -0.2) is 0 Å². The van der Waals surface area contributed by atoms with E-state index >= 15 is 0 Å². The van der Waals surface area contributed by atoms with Crippen LogP contribution in [0.5, 0.6) is 0 Å². The molecule has 0 radical (unpaired) electrons. The average Bonchev–Trinajstić information content (AvgIpc) is 3.03. The Morgan fingerprint density at radius 1 is 1.25 bits per heavy atom. The van der Waals surface area contributed by atoms with E-state index in [0.29, 0.717) is 6.42 Å². The van der Waals surface area contributed by atoms with Crippen molar-refractivity contribution in [1.82, 2.24) is 4.90 Å². The van der Waals surface area contributed by atoms with Crippen LogP contribution in [0.25, 0.3) is 0 Å². The van der Waals surface area contributed by atoms with E-state index in [2.05, 4.69) is 0 Å². The number of ether oxygens (including phenoxy) is 5. The minimum Gasteiger partial charge on any atom is -0.481 e. The van der Waals surface area contributed by atoms with Crippen LogP contribution in [-0.4, -0.2) is 72.6 Å². The number of nitrogens with zero attached hydrogens (tertiary/aromatic N) is 1. The summed E-state index contributed by atoms with van der Waals surface area (Å²) in [6, 6.07) is 9.36. The van der Waals surface area contributed by atoms with Crippen LogP contribution in [0, 0.1) is 11.8 Å². The van der Waals surface area contributed by atoms with Gasteiger partial charge < -0.3 is 38.8 Å². The van der Waals surface area contributed by atoms with Gasteiger partial charge >= 0.3 is 0 Å². The third kappa shape index (κ3) is 3.68. The van der Waals surface area contributed by atoms with Crippen LogP contribution in [0.2, 0.25) is 0 Å². The van der Waals surface area contributed by atoms with Gasteiger partial charge in [0, 0.05) is 19.2 Å². The maximum absolute atomic E-state index is 13.4. The van der Waals surface area contributed by atoms with Gasteiger partial charge in [-0.15, -0.1) is 0 Å². The van der Waals surface area contributed by atoms with Gasteiger partial charge in [-0.3, -0.25) is 4.79 Å². The molecule has 0 unspecified atom stereocenters. The summed E-state index contributed by atoms with van der Waals surface area (Å²) in [5.74, 6) is -1.85. The molecule has 1 aromatic rings. The van der Waals surface area contributed by atoms with Gasteiger partial charge in [0.2, 0.25) is 0 Å². The molecular formula is C23H31NO8. The smallest absolute Gasteiger partial charge is 0.286 e. The Labute approximate surface area is 187 Å². The van der Waals surface area contributed by atoms with Crippen molar-refractivity contribution in [3.8, 4) is 0 Å². The molecular weight excluding hydrogens is 418 g/mol. The highest BCUT2D eigenvalue weighted by Gasteiger charge is 2.69. The van der Waals surface area contributed by atoms with Gasteiger partial charge in [-0.2, -0.15) is 0 Å². The fourth-order valence-corrected chi connectivity index (χ4v) is 4.73. The van der Waals surface area contributed by atoms with Gasteiger partial charge in [0.15, 0.2) is 18.3 Å². The van der Waals surface area contributed by atoms with Crippen molar-refractivity contribution >= 4 is 5.91 Å². The largest absolute Gasteiger partial charge is 0.481 e. The van der Waals surface area contributed by atoms with E-state index in [1.54, 1.807) is 0 Å². The Balaban J connectivity index is 1.78. The van der Waals surface area contributed by atoms with Crippen molar-refractivity contribution in [2.75, 3.05) is 27.4 Å². The number of carbonyl (C=O) groups excluding carboxylic acids is 1. The summed E-state index contributed by atoms with van der Waals surface area (Å²) in [6.45, 7) is 4.48. The number of hydrogen-bond donors (Lipinski definition) is 2. The molecule has 3 saturated heterocycles. The van der Waals surface area contributed by atoms with E-state index in [9.17, 15) is 15.0 Å². The first-order chi connectivity index (χ1) is 15.3. The Morgan fingerprint density at radius 3 is 2.59 bits per heavy atom. The Bertz CT molecular complexity index is 859. The van der Waals surface area contributed by atoms with Crippen molar-refractivity contribution in [2.24, 2.45) is 11.8 Å². The topological polar surface area (TPSA) is 107 Å². The van der Waals surface area contributed by atoms with E-state index in [0.717, 1.165) is 5.56 Å². The maximum atomic E-state index is 13.4. The number of benzene rings is 1. The van der Waals surface area contributed by atoms with Gasteiger partial charge in [0.25, 0.3) is 11.9 Å². The molecule has 9 heteroatoms.